The Hall–Kier alpha value is -1.94. The summed E-state index contributed by atoms with van der Waals surface area (Å²) in [6.45, 7) is 1.95. The van der Waals surface area contributed by atoms with E-state index in [4.69, 9.17) is 9.84 Å². The number of nitrogens with one attached hydrogen (secondary N) is 1. The van der Waals surface area contributed by atoms with Crippen molar-refractivity contribution in [2.24, 2.45) is 0 Å². The number of aliphatic hydroxyl groups excluding tert-OH is 1. The van der Waals surface area contributed by atoms with Crippen LogP contribution in [0.25, 0.3) is 5.65 Å². The fourth-order valence-corrected chi connectivity index (χ4v) is 2.86. The van der Waals surface area contributed by atoms with E-state index in [1.807, 2.05) is 13.1 Å². The predicted molar refractivity (Wildman–Crippen MR) is 96.7 cm³/mol. The van der Waals surface area contributed by atoms with Crippen LogP contribution in [0.3, 0.4) is 0 Å². The average Bonchev–Trinajstić information content (AvgIpc) is 2.94. The molecule has 0 saturated carbocycles. The first-order chi connectivity index (χ1) is 11.6. The fourth-order valence-electron chi connectivity index (χ4n) is 2.37. The molecule has 1 aromatic carbocycles. The molecule has 0 radical (unpaired) electrons. The molecule has 1 unspecified atom stereocenters. The van der Waals surface area contributed by atoms with E-state index in [2.05, 4.69) is 38.0 Å². The minimum atomic E-state index is -0.344. The van der Waals surface area contributed by atoms with Gasteiger partial charge in [-0.2, -0.15) is 5.10 Å². The van der Waals surface area contributed by atoms with E-state index >= 15 is 0 Å². The number of anilines is 1. The van der Waals surface area contributed by atoms with E-state index in [9.17, 15) is 4.39 Å². The maximum absolute atomic E-state index is 13.6. The molecule has 0 fully saturated rings. The number of aliphatic hydroxyl groups is 1. The molecule has 0 aliphatic rings. The molecule has 0 bridgehead atoms. The Morgan fingerprint density at radius 1 is 1.42 bits per heavy atom. The second kappa shape index (κ2) is 7.31. The Morgan fingerprint density at radius 3 is 3.04 bits per heavy atom. The van der Waals surface area contributed by atoms with Gasteiger partial charge >= 0.3 is 0 Å². The fraction of sp³-hybridized carbons (Fsp3) is 0.250. The van der Waals surface area contributed by atoms with Crippen molar-refractivity contribution in [3.63, 3.8) is 0 Å². The maximum atomic E-state index is 13.6. The average molecular weight is 442 g/mol. The monoisotopic (exact) mass is 442 g/mol. The molecule has 24 heavy (non-hydrogen) atoms. The molecule has 2 aromatic heterocycles. The first kappa shape index (κ1) is 16.9. The summed E-state index contributed by atoms with van der Waals surface area (Å²) in [4.78, 5) is 4.52. The summed E-state index contributed by atoms with van der Waals surface area (Å²) in [7, 11) is 0. The number of ether oxygens (including phenoxy) is 1. The number of hydrogen-bond donors (Lipinski definition) is 2. The highest BCUT2D eigenvalue weighted by molar-refractivity contribution is 14.1. The summed E-state index contributed by atoms with van der Waals surface area (Å²) in [5.41, 5.74) is 1.41. The highest BCUT2D eigenvalue weighted by Crippen LogP contribution is 2.28. The highest BCUT2D eigenvalue weighted by Gasteiger charge is 2.14. The molecular formula is C16H16FIN4O2. The second-order valence-electron chi connectivity index (χ2n) is 5.19. The number of fused-ring (bicyclic) bond motifs is 1. The summed E-state index contributed by atoms with van der Waals surface area (Å²) in [5, 5.41) is 16.3. The normalized spacial score (nSPS) is 12.3. The quantitative estimate of drug-likeness (QED) is 0.575. The summed E-state index contributed by atoms with van der Waals surface area (Å²) in [5.74, 6) is 0.847. The van der Waals surface area contributed by atoms with Gasteiger partial charge in [-0.1, -0.05) is 0 Å². The molecule has 0 aliphatic carbocycles. The molecule has 3 rings (SSSR count). The smallest absolute Gasteiger partial charge is 0.170 e. The van der Waals surface area contributed by atoms with Gasteiger partial charge in [0.2, 0.25) is 0 Å². The zero-order valence-electron chi connectivity index (χ0n) is 12.9. The summed E-state index contributed by atoms with van der Waals surface area (Å²) in [6, 6.07) is 5.90. The van der Waals surface area contributed by atoms with Gasteiger partial charge in [-0.15, -0.1) is 0 Å². The van der Waals surface area contributed by atoms with E-state index in [0.717, 1.165) is 9.22 Å². The van der Waals surface area contributed by atoms with Gasteiger partial charge in [0, 0.05) is 11.8 Å². The minimum absolute atomic E-state index is 0.101. The van der Waals surface area contributed by atoms with Crippen LogP contribution < -0.4 is 10.1 Å². The lowest BCUT2D eigenvalue weighted by Crippen LogP contribution is -2.12. The Kier molecular flexibility index (Phi) is 5.14. The molecule has 0 amide bonds. The number of nitrogens with zero attached hydrogens (tertiary/aromatic N) is 3. The van der Waals surface area contributed by atoms with E-state index < -0.39 is 0 Å². The van der Waals surface area contributed by atoms with Crippen molar-refractivity contribution in [3.05, 3.63) is 51.6 Å². The molecule has 2 N–H and O–H groups in total. The third kappa shape index (κ3) is 3.59. The Balaban J connectivity index is 1.86. The Bertz CT molecular complexity index is 855. The Labute approximate surface area is 151 Å². The van der Waals surface area contributed by atoms with Crippen molar-refractivity contribution in [2.45, 2.75) is 13.0 Å². The van der Waals surface area contributed by atoms with Gasteiger partial charge in [0.25, 0.3) is 0 Å². The van der Waals surface area contributed by atoms with Crippen molar-refractivity contribution in [3.8, 4) is 5.75 Å². The number of benzene rings is 1. The molecule has 0 aliphatic heterocycles. The number of rotatable bonds is 6. The lowest BCUT2D eigenvalue weighted by molar-refractivity contribution is 0.200. The van der Waals surface area contributed by atoms with Crippen LogP contribution in [0.5, 0.6) is 5.75 Å². The van der Waals surface area contributed by atoms with Crippen molar-refractivity contribution in [1.82, 2.24) is 14.6 Å². The molecule has 6 nitrogen and oxygen atoms in total. The number of aromatic nitrogens is 3. The van der Waals surface area contributed by atoms with E-state index in [0.29, 0.717) is 17.1 Å². The molecule has 2 heterocycles. The largest absolute Gasteiger partial charge is 0.491 e. The SMILES string of the molecule is CC(Nc1ccn2ncc(I)c2n1)c1cc(F)ccc1OCCO. The van der Waals surface area contributed by atoms with Gasteiger partial charge in [-0.3, -0.25) is 0 Å². The van der Waals surface area contributed by atoms with Gasteiger partial charge in [0.05, 0.1) is 22.4 Å². The predicted octanol–water partition coefficient (Wildman–Crippen LogP) is 3.02. The van der Waals surface area contributed by atoms with Gasteiger partial charge in [-0.25, -0.2) is 13.9 Å². The van der Waals surface area contributed by atoms with Crippen LogP contribution >= 0.6 is 22.6 Å². The Morgan fingerprint density at radius 2 is 2.25 bits per heavy atom. The van der Waals surface area contributed by atoms with Crippen LogP contribution in [0.1, 0.15) is 18.5 Å². The van der Waals surface area contributed by atoms with Gasteiger partial charge in [-0.05, 0) is 53.8 Å². The lowest BCUT2D eigenvalue weighted by atomic mass is 10.1. The summed E-state index contributed by atoms with van der Waals surface area (Å²) in [6.07, 6.45) is 3.55. The zero-order chi connectivity index (χ0) is 17.1. The van der Waals surface area contributed by atoms with Crippen LogP contribution in [0, 0.1) is 9.39 Å². The molecule has 3 aromatic rings. The first-order valence-corrected chi connectivity index (χ1v) is 8.46. The van der Waals surface area contributed by atoms with Crippen molar-refractivity contribution >= 4 is 34.1 Å². The third-order valence-corrected chi connectivity index (χ3v) is 4.24. The van der Waals surface area contributed by atoms with Crippen molar-refractivity contribution < 1.29 is 14.2 Å². The number of halogens is 2. The van der Waals surface area contributed by atoms with Gasteiger partial charge in [0.1, 0.15) is 24.0 Å². The van der Waals surface area contributed by atoms with Crippen LogP contribution in [-0.4, -0.2) is 32.9 Å². The minimum Gasteiger partial charge on any atom is -0.491 e. The van der Waals surface area contributed by atoms with Crippen LogP contribution in [0.2, 0.25) is 0 Å². The molecule has 0 spiro atoms. The van der Waals surface area contributed by atoms with Gasteiger partial charge in [0.15, 0.2) is 5.65 Å². The van der Waals surface area contributed by atoms with Crippen molar-refractivity contribution in [1.29, 1.82) is 0 Å². The summed E-state index contributed by atoms with van der Waals surface area (Å²) < 4.78 is 21.7. The highest BCUT2D eigenvalue weighted by atomic mass is 127. The van der Waals surface area contributed by atoms with E-state index in [1.54, 1.807) is 22.8 Å². The summed E-state index contributed by atoms with van der Waals surface area (Å²) >= 11 is 2.17. The standard InChI is InChI=1S/C16H16FIN4O2/c1-10(12-8-11(17)2-3-14(12)24-7-6-23)20-15-4-5-22-16(21-15)13(18)9-19-22/h2-5,8-10,23H,6-7H2,1H3,(H,20,21). The van der Waals surface area contributed by atoms with E-state index in [-0.39, 0.29) is 25.1 Å². The molecule has 126 valence electrons. The zero-order valence-corrected chi connectivity index (χ0v) is 15.1. The third-order valence-electron chi connectivity index (χ3n) is 3.48. The van der Waals surface area contributed by atoms with E-state index in [1.165, 1.54) is 12.1 Å². The molecule has 1 atom stereocenters. The van der Waals surface area contributed by atoms with Crippen LogP contribution in [0.4, 0.5) is 10.2 Å². The van der Waals surface area contributed by atoms with Crippen LogP contribution in [-0.2, 0) is 0 Å². The number of hydrogen-bond acceptors (Lipinski definition) is 5. The molecule has 8 heteroatoms. The van der Waals surface area contributed by atoms with Gasteiger partial charge < -0.3 is 15.2 Å². The molecular weight excluding hydrogens is 426 g/mol. The topological polar surface area (TPSA) is 71.7 Å². The first-order valence-electron chi connectivity index (χ1n) is 7.38. The van der Waals surface area contributed by atoms with Crippen LogP contribution in [0.15, 0.2) is 36.7 Å². The maximum Gasteiger partial charge on any atom is 0.170 e. The van der Waals surface area contributed by atoms with Crippen molar-refractivity contribution in [2.75, 3.05) is 18.5 Å². The molecule has 0 saturated heterocycles. The second-order valence-corrected chi connectivity index (χ2v) is 6.36. The lowest BCUT2D eigenvalue weighted by Gasteiger charge is -2.19.